The number of nitrogens with zero attached hydrogens (tertiary/aromatic N) is 4. The van der Waals surface area contributed by atoms with E-state index in [1.165, 1.54) is 0 Å². The van der Waals surface area contributed by atoms with Crippen LogP contribution >= 0.6 is 11.3 Å². The monoisotopic (exact) mass is 371 g/mol. The molecule has 0 aliphatic carbocycles. The Morgan fingerprint density at radius 1 is 1.31 bits per heavy atom. The highest BCUT2D eigenvalue weighted by atomic mass is 32.1. The third-order valence-corrected chi connectivity index (χ3v) is 5.44. The van der Waals surface area contributed by atoms with E-state index in [2.05, 4.69) is 25.2 Å². The molecule has 4 heterocycles. The van der Waals surface area contributed by atoms with Gasteiger partial charge in [0.25, 0.3) is 0 Å². The standard InChI is InChI=1S/C18H21N5O2S/c1-25-13-8-12(9-19-11-13)10-20-18-21-14-4-7-26-16(14)15(22-18)17(24)23-5-2-3-6-23/h4,7-9,11,17,24H,2-3,5-6,10H2,1H3,(H,20,21,22). The number of ether oxygens (including phenoxy) is 1. The first kappa shape index (κ1) is 17.1. The molecule has 0 spiro atoms. The summed E-state index contributed by atoms with van der Waals surface area (Å²) in [6.45, 7) is 2.33. The van der Waals surface area contributed by atoms with E-state index in [0.29, 0.717) is 23.9 Å². The number of likely N-dealkylation sites (tertiary alicyclic amines) is 1. The average molecular weight is 371 g/mol. The van der Waals surface area contributed by atoms with Crippen molar-refractivity contribution in [3.05, 3.63) is 41.2 Å². The first-order chi connectivity index (χ1) is 12.7. The Labute approximate surface area is 155 Å². The molecular weight excluding hydrogens is 350 g/mol. The lowest BCUT2D eigenvalue weighted by atomic mass is 10.2. The number of thiophene rings is 1. The van der Waals surface area contributed by atoms with Gasteiger partial charge >= 0.3 is 0 Å². The normalized spacial score (nSPS) is 16.1. The minimum absolute atomic E-state index is 0.506. The summed E-state index contributed by atoms with van der Waals surface area (Å²) in [7, 11) is 1.62. The fourth-order valence-corrected chi connectivity index (χ4v) is 3.99. The molecule has 1 fully saturated rings. The van der Waals surface area contributed by atoms with Crippen LogP contribution in [0.2, 0.25) is 0 Å². The molecule has 1 aliphatic heterocycles. The van der Waals surface area contributed by atoms with Gasteiger partial charge in [-0.25, -0.2) is 9.97 Å². The SMILES string of the molecule is COc1cncc(CNc2nc(C(O)N3CCCC3)c3sccc3n2)c1. The van der Waals surface area contributed by atoms with Crippen LogP contribution in [-0.2, 0) is 6.54 Å². The molecule has 1 unspecified atom stereocenters. The molecule has 0 radical (unpaired) electrons. The zero-order valence-electron chi connectivity index (χ0n) is 14.6. The molecule has 0 aromatic carbocycles. The summed E-state index contributed by atoms with van der Waals surface area (Å²) in [5.74, 6) is 1.22. The van der Waals surface area contributed by atoms with E-state index >= 15 is 0 Å². The first-order valence-electron chi connectivity index (χ1n) is 8.63. The lowest BCUT2D eigenvalue weighted by Crippen LogP contribution is -2.26. The topological polar surface area (TPSA) is 83.4 Å². The highest BCUT2D eigenvalue weighted by molar-refractivity contribution is 7.17. The van der Waals surface area contributed by atoms with Crippen molar-refractivity contribution in [2.24, 2.45) is 0 Å². The highest BCUT2D eigenvalue weighted by Crippen LogP contribution is 2.31. The van der Waals surface area contributed by atoms with Gasteiger partial charge in [0.15, 0.2) is 6.23 Å². The van der Waals surface area contributed by atoms with Crippen molar-refractivity contribution in [2.45, 2.75) is 25.6 Å². The van der Waals surface area contributed by atoms with Crippen LogP contribution in [0.5, 0.6) is 5.75 Å². The molecule has 1 atom stereocenters. The van der Waals surface area contributed by atoms with Gasteiger partial charge in [0.1, 0.15) is 11.4 Å². The second-order valence-corrected chi connectivity index (χ2v) is 7.19. The van der Waals surface area contributed by atoms with Gasteiger partial charge in [0.2, 0.25) is 5.95 Å². The van der Waals surface area contributed by atoms with Gasteiger partial charge in [-0.15, -0.1) is 11.3 Å². The molecule has 1 saturated heterocycles. The first-order valence-corrected chi connectivity index (χ1v) is 9.51. The van der Waals surface area contributed by atoms with Crippen LogP contribution in [0, 0.1) is 0 Å². The van der Waals surface area contributed by atoms with Crippen LogP contribution in [0.25, 0.3) is 10.2 Å². The summed E-state index contributed by atoms with van der Waals surface area (Å²) in [6.07, 6.45) is 4.98. The van der Waals surface area contributed by atoms with Gasteiger partial charge in [-0.1, -0.05) is 0 Å². The third kappa shape index (κ3) is 3.48. The third-order valence-electron chi connectivity index (χ3n) is 4.52. The van der Waals surface area contributed by atoms with E-state index in [-0.39, 0.29) is 0 Å². The lowest BCUT2D eigenvalue weighted by molar-refractivity contribution is 0.0170. The summed E-state index contributed by atoms with van der Waals surface area (Å²) >= 11 is 1.56. The van der Waals surface area contributed by atoms with Crippen molar-refractivity contribution >= 4 is 27.5 Å². The summed E-state index contributed by atoms with van der Waals surface area (Å²) < 4.78 is 6.15. The molecule has 3 aromatic rings. The number of rotatable bonds is 6. The van der Waals surface area contributed by atoms with Crippen LogP contribution in [0.15, 0.2) is 29.9 Å². The molecule has 1 aliphatic rings. The van der Waals surface area contributed by atoms with E-state index in [9.17, 15) is 5.11 Å². The molecule has 8 heteroatoms. The van der Waals surface area contributed by atoms with Crippen molar-refractivity contribution in [3.63, 3.8) is 0 Å². The maximum absolute atomic E-state index is 10.8. The number of methoxy groups -OCH3 is 1. The van der Waals surface area contributed by atoms with Gasteiger partial charge < -0.3 is 15.2 Å². The number of pyridine rings is 1. The van der Waals surface area contributed by atoms with Gasteiger partial charge in [0.05, 0.1) is 23.5 Å². The smallest absolute Gasteiger partial charge is 0.223 e. The Kier molecular flexibility index (Phi) is 4.96. The summed E-state index contributed by atoms with van der Waals surface area (Å²) in [5, 5.41) is 16.0. The van der Waals surface area contributed by atoms with Crippen LogP contribution in [0.4, 0.5) is 5.95 Å². The average Bonchev–Trinajstić information content (AvgIpc) is 3.37. The number of hydrogen-bond acceptors (Lipinski definition) is 8. The predicted octanol–water partition coefficient (Wildman–Crippen LogP) is 2.79. The second-order valence-electron chi connectivity index (χ2n) is 6.27. The molecule has 7 nitrogen and oxygen atoms in total. The number of aromatic nitrogens is 3. The summed E-state index contributed by atoms with van der Waals surface area (Å²) in [6, 6.07) is 3.88. The van der Waals surface area contributed by atoms with Gasteiger partial charge in [-0.05, 0) is 35.9 Å². The Morgan fingerprint density at radius 3 is 2.96 bits per heavy atom. The van der Waals surface area contributed by atoms with Crippen molar-refractivity contribution in [1.82, 2.24) is 19.9 Å². The molecule has 4 rings (SSSR count). The summed E-state index contributed by atoms with van der Waals surface area (Å²) in [5.41, 5.74) is 2.50. The second kappa shape index (κ2) is 7.53. The number of nitrogens with one attached hydrogen (secondary N) is 1. The van der Waals surface area contributed by atoms with Crippen LogP contribution in [0.1, 0.15) is 30.3 Å². The molecule has 0 saturated carbocycles. The minimum Gasteiger partial charge on any atom is -0.495 e. The molecule has 0 amide bonds. The Hall–Kier alpha value is -2.29. The van der Waals surface area contributed by atoms with E-state index in [1.54, 1.807) is 30.8 Å². The molecular formula is C18H21N5O2S. The van der Waals surface area contributed by atoms with Crippen LogP contribution in [0.3, 0.4) is 0 Å². The zero-order valence-corrected chi connectivity index (χ0v) is 15.4. The van der Waals surface area contributed by atoms with Crippen LogP contribution < -0.4 is 10.1 Å². The fourth-order valence-electron chi connectivity index (χ4n) is 3.15. The highest BCUT2D eigenvalue weighted by Gasteiger charge is 2.25. The Balaban J connectivity index is 1.59. The Morgan fingerprint density at radius 2 is 2.15 bits per heavy atom. The number of hydrogen-bond donors (Lipinski definition) is 2. The molecule has 3 aromatic heterocycles. The van der Waals surface area contributed by atoms with Crippen LogP contribution in [-0.4, -0.2) is 45.2 Å². The number of anilines is 1. The van der Waals surface area contributed by atoms with E-state index in [0.717, 1.165) is 41.7 Å². The summed E-state index contributed by atoms with van der Waals surface area (Å²) in [4.78, 5) is 15.4. The molecule has 0 bridgehead atoms. The molecule has 26 heavy (non-hydrogen) atoms. The number of fused-ring (bicyclic) bond motifs is 1. The number of aliphatic hydroxyl groups excluding tert-OH is 1. The maximum Gasteiger partial charge on any atom is 0.223 e. The zero-order chi connectivity index (χ0) is 17.9. The van der Waals surface area contributed by atoms with Gasteiger partial charge in [0, 0.05) is 25.8 Å². The lowest BCUT2D eigenvalue weighted by Gasteiger charge is -2.22. The predicted molar refractivity (Wildman–Crippen MR) is 101 cm³/mol. The quantitative estimate of drug-likeness (QED) is 0.689. The molecule has 2 N–H and O–H groups in total. The van der Waals surface area contributed by atoms with E-state index in [1.807, 2.05) is 17.5 Å². The largest absolute Gasteiger partial charge is 0.495 e. The van der Waals surface area contributed by atoms with Crippen molar-refractivity contribution in [2.75, 3.05) is 25.5 Å². The van der Waals surface area contributed by atoms with Crippen molar-refractivity contribution in [1.29, 1.82) is 0 Å². The number of aliphatic hydroxyl groups is 1. The molecule has 136 valence electrons. The van der Waals surface area contributed by atoms with Gasteiger partial charge in [-0.3, -0.25) is 9.88 Å². The Bertz CT molecular complexity index is 894. The minimum atomic E-state index is -0.694. The van der Waals surface area contributed by atoms with Crippen molar-refractivity contribution < 1.29 is 9.84 Å². The van der Waals surface area contributed by atoms with E-state index in [4.69, 9.17) is 4.74 Å². The van der Waals surface area contributed by atoms with Crippen molar-refractivity contribution in [3.8, 4) is 5.75 Å². The van der Waals surface area contributed by atoms with E-state index < -0.39 is 6.23 Å². The van der Waals surface area contributed by atoms with Gasteiger partial charge in [-0.2, -0.15) is 0 Å². The maximum atomic E-state index is 10.8. The fraction of sp³-hybridized carbons (Fsp3) is 0.389.